The maximum atomic E-state index is 12.8. The van der Waals surface area contributed by atoms with Gasteiger partial charge in [-0.05, 0) is 66.3 Å². The SMILES string of the molecule is CC[C@@H](Oc1ccc2c(c1)[C@H](c1ccccc1)N(Cc1cccc(C)c1)CC2)C(=O)NCc1ccco1. The molecule has 5 rings (SSSR count). The summed E-state index contributed by atoms with van der Waals surface area (Å²) in [6.07, 6.45) is 2.58. The Morgan fingerprint density at radius 1 is 1.05 bits per heavy atom. The van der Waals surface area contributed by atoms with Gasteiger partial charge in [0.05, 0.1) is 18.8 Å². The predicted molar refractivity (Wildman–Crippen MR) is 145 cm³/mol. The number of furan rings is 1. The van der Waals surface area contributed by atoms with E-state index in [9.17, 15) is 4.79 Å². The quantitative estimate of drug-likeness (QED) is 0.301. The average Bonchev–Trinajstić information content (AvgIpc) is 3.44. The first-order valence-electron chi connectivity index (χ1n) is 13.0. The monoisotopic (exact) mass is 494 g/mol. The summed E-state index contributed by atoms with van der Waals surface area (Å²) in [6, 6.07) is 29.5. The highest BCUT2D eigenvalue weighted by Gasteiger charge is 2.30. The molecule has 5 nitrogen and oxygen atoms in total. The van der Waals surface area contributed by atoms with E-state index in [4.69, 9.17) is 9.15 Å². The van der Waals surface area contributed by atoms with Gasteiger partial charge in [0.2, 0.25) is 0 Å². The molecule has 4 aromatic rings. The van der Waals surface area contributed by atoms with Gasteiger partial charge in [-0.2, -0.15) is 0 Å². The number of nitrogens with zero attached hydrogens (tertiary/aromatic N) is 1. The third-order valence-corrected chi connectivity index (χ3v) is 6.99. The van der Waals surface area contributed by atoms with Gasteiger partial charge < -0.3 is 14.5 Å². The average molecular weight is 495 g/mol. The second kappa shape index (κ2) is 11.5. The van der Waals surface area contributed by atoms with Crippen molar-refractivity contribution < 1.29 is 13.9 Å². The molecule has 0 saturated heterocycles. The fourth-order valence-electron chi connectivity index (χ4n) is 5.15. The second-order valence-electron chi connectivity index (χ2n) is 9.70. The van der Waals surface area contributed by atoms with Crippen LogP contribution >= 0.6 is 0 Å². The van der Waals surface area contributed by atoms with Crippen molar-refractivity contribution in [3.8, 4) is 5.75 Å². The summed E-state index contributed by atoms with van der Waals surface area (Å²) in [6.45, 7) is 6.31. The van der Waals surface area contributed by atoms with Crippen LogP contribution in [0.25, 0.3) is 0 Å². The van der Waals surface area contributed by atoms with Crippen molar-refractivity contribution in [3.05, 3.63) is 125 Å². The molecule has 0 bridgehead atoms. The molecule has 3 aromatic carbocycles. The van der Waals surface area contributed by atoms with Crippen LogP contribution in [0.5, 0.6) is 5.75 Å². The lowest BCUT2D eigenvalue weighted by Gasteiger charge is -2.38. The molecule has 0 radical (unpaired) electrons. The zero-order chi connectivity index (χ0) is 25.6. The van der Waals surface area contributed by atoms with Crippen LogP contribution in [0.15, 0.2) is 95.6 Å². The molecule has 0 spiro atoms. The smallest absolute Gasteiger partial charge is 0.261 e. The summed E-state index contributed by atoms with van der Waals surface area (Å²) in [5.74, 6) is 1.30. The first kappa shape index (κ1) is 24.8. The highest BCUT2D eigenvalue weighted by molar-refractivity contribution is 5.81. The first-order valence-corrected chi connectivity index (χ1v) is 13.0. The van der Waals surface area contributed by atoms with Crippen LogP contribution in [-0.2, 0) is 24.3 Å². The molecule has 0 unspecified atom stereocenters. The maximum absolute atomic E-state index is 12.8. The van der Waals surface area contributed by atoms with E-state index in [-0.39, 0.29) is 11.9 Å². The molecular formula is C32H34N2O3. The molecular weight excluding hydrogens is 460 g/mol. The van der Waals surface area contributed by atoms with Crippen LogP contribution in [0.2, 0.25) is 0 Å². The van der Waals surface area contributed by atoms with Crippen molar-refractivity contribution in [1.29, 1.82) is 0 Å². The molecule has 0 fully saturated rings. The normalized spacial score (nSPS) is 16.1. The predicted octanol–water partition coefficient (Wildman–Crippen LogP) is 6.21. The van der Waals surface area contributed by atoms with Crippen molar-refractivity contribution in [2.24, 2.45) is 0 Å². The number of fused-ring (bicyclic) bond motifs is 1. The van der Waals surface area contributed by atoms with Gasteiger partial charge in [-0.3, -0.25) is 9.69 Å². The third kappa shape index (κ3) is 5.95. The van der Waals surface area contributed by atoms with E-state index in [1.807, 2.05) is 25.1 Å². The van der Waals surface area contributed by atoms with E-state index in [2.05, 4.69) is 83.9 Å². The number of carbonyl (C=O) groups is 1. The van der Waals surface area contributed by atoms with Crippen LogP contribution in [0, 0.1) is 6.92 Å². The Bertz CT molecular complexity index is 1320. The van der Waals surface area contributed by atoms with Crippen molar-refractivity contribution in [3.63, 3.8) is 0 Å². The fourth-order valence-corrected chi connectivity index (χ4v) is 5.15. The molecule has 0 saturated carbocycles. The summed E-state index contributed by atoms with van der Waals surface area (Å²) in [7, 11) is 0. The minimum Gasteiger partial charge on any atom is -0.481 e. The number of hydrogen-bond donors (Lipinski definition) is 1. The zero-order valence-electron chi connectivity index (χ0n) is 21.5. The lowest BCUT2D eigenvalue weighted by atomic mass is 9.87. The molecule has 2 heterocycles. The van der Waals surface area contributed by atoms with Gasteiger partial charge >= 0.3 is 0 Å². The van der Waals surface area contributed by atoms with Crippen LogP contribution in [0.1, 0.15) is 53.0 Å². The van der Waals surface area contributed by atoms with Crippen molar-refractivity contribution in [1.82, 2.24) is 10.2 Å². The fraction of sp³-hybridized carbons (Fsp3) is 0.281. The third-order valence-electron chi connectivity index (χ3n) is 6.99. The number of rotatable bonds is 9. The number of ether oxygens (including phenoxy) is 1. The summed E-state index contributed by atoms with van der Waals surface area (Å²) in [5, 5.41) is 2.93. The zero-order valence-corrected chi connectivity index (χ0v) is 21.5. The summed E-state index contributed by atoms with van der Waals surface area (Å²) < 4.78 is 11.6. The first-order chi connectivity index (χ1) is 18.1. The van der Waals surface area contributed by atoms with E-state index < -0.39 is 6.10 Å². The summed E-state index contributed by atoms with van der Waals surface area (Å²) in [4.78, 5) is 15.4. The van der Waals surface area contributed by atoms with Gasteiger partial charge in [0.25, 0.3) is 5.91 Å². The van der Waals surface area contributed by atoms with Crippen molar-refractivity contribution in [2.75, 3.05) is 6.54 Å². The van der Waals surface area contributed by atoms with Crippen LogP contribution in [0.4, 0.5) is 0 Å². The number of nitrogens with one attached hydrogen (secondary N) is 1. The largest absolute Gasteiger partial charge is 0.481 e. The molecule has 5 heteroatoms. The number of carbonyl (C=O) groups excluding carboxylic acids is 1. The van der Waals surface area contributed by atoms with Gasteiger partial charge in [-0.1, -0.05) is 73.2 Å². The van der Waals surface area contributed by atoms with E-state index >= 15 is 0 Å². The minimum atomic E-state index is -0.574. The number of hydrogen-bond acceptors (Lipinski definition) is 4. The molecule has 1 aliphatic rings. The molecule has 1 amide bonds. The number of amides is 1. The van der Waals surface area contributed by atoms with Gasteiger partial charge in [0.1, 0.15) is 11.5 Å². The molecule has 2 atom stereocenters. The molecule has 190 valence electrons. The lowest BCUT2D eigenvalue weighted by Crippen LogP contribution is -2.38. The summed E-state index contributed by atoms with van der Waals surface area (Å²) >= 11 is 0. The van der Waals surface area contributed by atoms with E-state index in [0.717, 1.165) is 31.0 Å². The van der Waals surface area contributed by atoms with Crippen LogP contribution < -0.4 is 10.1 Å². The van der Waals surface area contributed by atoms with Crippen molar-refractivity contribution in [2.45, 2.75) is 51.9 Å². The minimum absolute atomic E-state index is 0.113. The van der Waals surface area contributed by atoms with Crippen molar-refractivity contribution >= 4 is 5.91 Å². The molecule has 0 aliphatic carbocycles. The Labute approximate surface area is 219 Å². The number of aryl methyl sites for hydroxylation is 1. The van der Waals surface area contributed by atoms with Gasteiger partial charge in [0.15, 0.2) is 6.10 Å². The standard InChI is InChI=1S/C32H34N2O3/c1-3-30(32(35)33-21-28-13-8-18-36-28)37-27-15-14-25-16-17-34(22-24-10-7-9-23(2)19-24)31(29(25)20-27)26-11-5-4-6-12-26/h4-15,18-20,30-31H,3,16-17,21-22H2,1-2H3,(H,33,35)/t30-,31+/m1/s1. The lowest BCUT2D eigenvalue weighted by molar-refractivity contribution is -0.128. The Morgan fingerprint density at radius 3 is 2.68 bits per heavy atom. The van der Waals surface area contributed by atoms with Crippen LogP contribution in [-0.4, -0.2) is 23.5 Å². The molecule has 37 heavy (non-hydrogen) atoms. The Morgan fingerprint density at radius 2 is 1.92 bits per heavy atom. The van der Waals surface area contributed by atoms with Gasteiger partial charge in [-0.25, -0.2) is 0 Å². The topological polar surface area (TPSA) is 54.7 Å². The van der Waals surface area contributed by atoms with Gasteiger partial charge in [-0.15, -0.1) is 0 Å². The van der Waals surface area contributed by atoms with Gasteiger partial charge in [0, 0.05) is 13.1 Å². The summed E-state index contributed by atoms with van der Waals surface area (Å²) in [5.41, 5.74) is 6.43. The maximum Gasteiger partial charge on any atom is 0.261 e. The second-order valence-corrected chi connectivity index (χ2v) is 9.70. The Kier molecular flexibility index (Phi) is 7.71. The highest BCUT2D eigenvalue weighted by Crippen LogP contribution is 2.38. The van der Waals surface area contributed by atoms with E-state index in [0.29, 0.717) is 13.0 Å². The molecule has 1 aromatic heterocycles. The highest BCUT2D eigenvalue weighted by atomic mass is 16.5. The van der Waals surface area contributed by atoms with E-state index in [1.165, 1.54) is 27.8 Å². The van der Waals surface area contributed by atoms with Crippen LogP contribution in [0.3, 0.4) is 0 Å². The van der Waals surface area contributed by atoms with E-state index in [1.54, 1.807) is 6.26 Å². The Hall–Kier alpha value is -3.83. The Balaban J connectivity index is 1.39. The number of benzene rings is 3. The molecule has 1 N–H and O–H groups in total. The molecule has 1 aliphatic heterocycles.